The Morgan fingerprint density at radius 1 is 0.952 bits per heavy atom. The van der Waals surface area contributed by atoms with Gasteiger partial charge in [0.1, 0.15) is 5.58 Å². The fourth-order valence-electron chi connectivity index (χ4n) is 2.11. The average Bonchev–Trinajstić information content (AvgIpc) is 2.46. The fraction of sp³-hybridized carbons (Fsp3) is 0. The second kappa shape index (κ2) is 4.37. The molecule has 0 unspecified atom stereocenters. The van der Waals surface area contributed by atoms with Crippen LogP contribution < -0.4 is 5.43 Å². The van der Waals surface area contributed by atoms with Gasteiger partial charge in [-0.05, 0) is 12.1 Å². The quantitative estimate of drug-likeness (QED) is 0.406. The van der Waals surface area contributed by atoms with Crippen molar-refractivity contribution in [2.45, 2.75) is 0 Å². The van der Waals surface area contributed by atoms with Crippen molar-refractivity contribution in [3.05, 3.63) is 66.9 Å². The van der Waals surface area contributed by atoms with Crippen molar-refractivity contribution < 1.29 is 14.3 Å². The summed E-state index contributed by atoms with van der Waals surface area (Å²) in [5.41, 5.74) is -1.77. The number of non-ortho nitro benzene ring substituents is 2. The maximum atomic E-state index is 12.3. The van der Waals surface area contributed by atoms with Gasteiger partial charge in [-0.3, -0.25) is 25.0 Å². The van der Waals surface area contributed by atoms with E-state index in [2.05, 4.69) is 0 Å². The predicted molar refractivity (Wildman–Crippen MR) is 73.3 cm³/mol. The number of hydrogen-bond donors (Lipinski definition) is 0. The highest BCUT2D eigenvalue weighted by Crippen LogP contribution is 2.31. The molecule has 0 N–H and O–H groups in total. The highest BCUT2D eigenvalue weighted by Gasteiger charge is 2.24. The Morgan fingerprint density at radius 2 is 1.67 bits per heavy atom. The Hall–Kier alpha value is -3.29. The van der Waals surface area contributed by atoms with E-state index in [4.69, 9.17) is 4.42 Å². The van der Waals surface area contributed by atoms with Gasteiger partial charge in [0, 0.05) is 6.07 Å². The zero-order valence-corrected chi connectivity index (χ0v) is 10.3. The second-order valence-corrected chi connectivity index (χ2v) is 4.28. The summed E-state index contributed by atoms with van der Waals surface area (Å²) in [5, 5.41) is 21.9. The Bertz CT molecular complexity index is 975. The van der Waals surface area contributed by atoms with E-state index < -0.39 is 26.7 Å². The molecule has 8 heteroatoms. The number of benzene rings is 2. The molecule has 0 aliphatic rings. The van der Waals surface area contributed by atoms with E-state index in [1.807, 2.05) is 0 Å². The lowest BCUT2D eigenvalue weighted by atomic mass is 10.1. The molecule has 0 fully saturated rings. The van der Waals surface area contributed by atoms with Crippen molar-refractivity contribution in [2.75, 3.05) is 0 Å². The highest BCUT2D eigenvalue weighted by molar-refractivity contribution is 5.95. The molecule has 0 aliphatic carbocycles. The first-order chi connectivity index (χ1) is 9.99. The summed E-state index contributed by atoms with van der Waals surface area (Å²) in [4.78, 5) is 32.6. The van der Waals surface area contributed by atoms with Gasteiger partial charge in [0.05, 0.1) is 26.7 Å². The van der Waals surface area contributed by atoms with Crippen LogP contribution in [-0.4, -0.2) is 9.85 Å². The summed E-state index contributed by atoms with van der Waals surface area (Å²) in [7, 11) is 0. The second-order valence-electron chi connectivity index (χ2n) is 4.28. The SMILES string of the molecule is O=c1c2ccccc2oc2c([N+](=O)[O-])cc([N+](=O)[O-])cc12. The molecule has 0 atom stereocenters. The van der Waals surface area contributed by atoms with Crippen LogP contribution in [0, 0.1) is 20.2 Å². The first-order valence-electron chi connectivity index (χ1n) is 5.77. The smallest absolute Gasteiger partial charge is 0.319 e. The van der Waals surface area contributed by atoms with Crippen LogP contribution >= 0.6 is 0 Å². The lowest BCUT2D eigenvalue weighted by Crippen LogP contribution is -2.04. The predicted octanol–water partition coefficient (Wildman–Crippen LogP) is 2.76. The first-order valence-corrected chi connectivity index (χ1v) is 5.77. The van der Waals surface area contributed by atoms with E-state index in [1.54, 1.807) is 12.1 Å². The van der Waals surface area contributed by atoms with Crippen LogP contribution in [-0.2, 0) is 0 Å². The molecule has 0 aliphatic heterocycles. The number of fused-ring (bicyclic) bond motifs is 2. The van der Waals surface area contributed by atoms with Gasteiger partial charge in [-0.1, -0.05) is 12.1 Å². The zero-order chi connectivity index (χ0) is 15.1. The highest BCUT2D eigenvalue weighted by atomic mass is 16.6. The van der Waals surface area contributed by atoms with Crippen LogP contribution in [0.2, 0.25) is 0 Å². The summed E-state index contributed by atoms with van der Waals surface area (Å²) in [5.74, 6) is 0. The van der Waals surface area contributed by atoms with Crippen molar-refractivity contribution >= 4 is 33.3 Å². The van der Waals surface area contributed by atoms with Gasteiger partial charge in [0.2, 0.25) is 11.0 Å². The number of rotatable bonds is 2. The minimum absolute atomic E-state index is 0.186. The molecule has 0 bridgehead atoms. The molecular weight excluding hydrogens is 280 g/mol. The third kappa shape index (κ3) is 1.89. The summed E-state index contributed by atoms with van der Waals surface area (Å²) in [6, 6.07) is 7.98. The van der Waals surface area contributed by atoms with Crippen molar-refractivity contribution in [3.8, 4) is 0 Å². The summed E-state index contributed by atoms with van der Waals surface area (Å²) in [6.07, 6.45) is 0. The third-order valence-electron chi connectivity index (χ3n) is 3.05. The van der Waals surface area contributed by atoms with E-state index in [0.29, 0.717) is 0 Å². The lowest BCUT2D eigenvalue weighted by Gasteiger charge is -2.02. The number of nitro groups is 2. The number of nitro benzene ring substituents is 2. The van der Waals surface area contributed by atoms with Crippen LogP contribution in [0.15, 0.2) is 45.6 Å². The molecule has 1 aromatic heterocycles. The van der Waals surface area contributed by atoms with Crippen LogP contribution in [0.5, 0.6) is 0 Å². The molecule has 0 saturated carbocycles. The zero-order valence-electron chi connectivity index (χ0n) is 10.3. The average molecular weight is 286 g/mol. The van der Waals surface area contributed by atoms with E-state index >= 15 is 0 Å². The monoisotopic (exact) mass is 286 g/mol. The van der Waals surface area contributed by atoms with Crippen LogP contribution in [0.4, 0.5) is 11.4 Å². The van der Waals surface area contributed by atoms with Crippen molar-refractivity contribution in [2.24, 2.45) is 0 Å². The Balaban J connectivity index is 2.58. The summed E-state index contributed by atoms with van der Waals surface area (Å²) >= 11 is 0. The molecule has 0 saturated heterocycles. The van der Waals surface area contributed by atoms with E-state index in [9.17, 15) is 25.0 Å². The Morgan fingerprint density at radius 3 is 2.33 bits per heavy atom. The minimum atomic E-state index is -0.812. The molecule has 21 heavy (non-hydrogen) atoms. The van der Waals surface area contributed by atoms with Gasteiger partial charge in [-0.2, -0.15) is 0 Å². The minimum Gasteiger partial charge on any atom is -0.449 e. The molecular formula is C13H6N2O6. The number of para-hydroxylation sites is 1. The molecule has 104 valence electrons. The molecule has 8 nitrogen and oxygen atoms in total. The molecule has 1 heterocycles. The Kier molecular flexibility index (Phi) is 2.65. The van der Waals surface area contributed by atoms with Gasteiger partial charge in [-0.15, -0.1) is 0 Å². The van der Waals surface area contributed by atoms with Gasteiger partial charge >= 0.3 is 5.69 Å². The standard InChI is InChI=1S/C13H6N2O6/c16-12-8-3-1-2-4-11(8)21-13-9(12)5-7(14(17)18)6-10(13)15(19)20/h1-6H. The maximum Gasteiger partial charge on any atom is 0.319 e. The molecule has 3 rings (SSSR count). The molecule has 2 aromatic carbocycles. The van der Waals surface area contributed by atoms with Gasteiger partial charge < -0.3 is 4.42 Å². The molecule has 0 amide bonds. The first kappa shape index (κ1) is 12.7. The van der Waals surface area contributed by atoms with Gasteiger partial charge in [0.15, 0.2) is 0 Å². The van der Waals surface area contributed by atoms with Crippen LogP contribution in [0.25, 0.3) is 21.9 Å². The number of nitrogens with zero attached hydrogens (tertiary/aromatic N) is 2. The van der Waals surface area contributed by atoms with Crippen molar-refractivity contribution in [1.29, 1.82) is 0 Å². The third-order valence-corrected chi connectivity index (χ3v) is 3.05. The van der Waals surface area contributed by atoms with E-state index in [-0.39, 0.29) is 21.9 Å². The van der Waals surface area contributed by atoms with Crippen LogP contribution in [0.3, 0.4) is 0 Å². The van der Waals surface area contributed by atoms with Crippen molar-refractivity contribution in [1.82, 2.24) is 0 Å². The molecule has 0 spiro atoms. The van der Waals surface area contributed by atoms with E-state index in [0.717, 1.165) is 12.1 Å². The maximum absolute atomic E-state index is 12.3. The summed E-state index contributed by atoms with van der Waals surface area (Å²) in [6.45, 7) is 0. The Labute approximate surface area is 115 Å². The molecule has 0 radical (unpaired) electrons. The lowest BCUT2D eigenvalue weighted by molar-refractivity contribution is -0.393. The summed E-state index contributed by atoms with van der Waals surface area (Å²) < 4.78 is 5.39. The normalized spacial score (nSPS) is 10.9. The van der Waals surface area contributed by atoms with Gasteiger partial charge in [0.25, 0.3) is 5.69 Å². The number of hydrogen-bond acceptors (Lipinski definition) is 6. The largest absolute Gasteiger partial charge is 0.449 e. The molecule has 3 aromatic rings. The van der Waals surface area contributed by atoms with E-state index in [1.165, 1.54) is 12.1 Å². The van der Waals surface area contributed by atoms with Gasteiger partial charge in [-0.25, -0.2) is 0 Å². The van der Waals surface area contributed by atoms with Crippen molar-refractivity contribution in [3.63, 3.8) is 0 Å². The van der Waals surface area contributed by atoms with Crippen LogP contribution in [0.1, 0.15) is 0 Å². The topological polar surface area (TPSA) is 116 Å². The fourth-order valence-corrected chi connectivity index (χ4v) is 2.11.